The van der Waals surface area contributed by atoms with E-state index in [4.69, 9.17) is 11.5 Å². The van der Waals surface area contributed by atoms with Crippen molar-refractivity contribution in [3.63, 3.8) is 0 Å². The van der Waals surface area contributed by atoms with Crippen molar-refractivity contribution < 1.29 is 8.42 Å². The fourth-order valence-corrected chi connectivity index (χ4v) is 6.44. The number of rotatable bonds is 5. The number of sulfonamides is 1. The Bertz CT molecular complexity index is 689. The molecule has 0 saturated carbocycles. The van der Waals surface area contributed by atoms with Gasteiger partial charge in [-0.2, -0.15) is 4.31 Å². The first-order chi connectivity index (χ1) is 12.5. The van der Waals surface area contributed by atoms with E-state index in [2.05, 4.69) is 9.88 Å². The minimum Gasteiger partial charge on any atom is -0.396 e. The molecule has 0 bridgehead atoms. The highest BCUT2D eigenvalue weighted by molar-refractivity contribution is 7.89. The molecule has 26 heavy (non-hydrogen) atoms. The molecule has 0 aliphatic carbocycles. The van der Waals surface area contributed by atoms with Gasteiger partial charge >= 0.3 is 0 Å². The van der Waals surface area contributed by atoms with E-state index in [0.717, 1.165) is 37.8 Å². The summed E-state index contributed by atoms with van der Waals surface area (Å²) in [5.74, 6) is 0. The van der Waals surface area contributed by atoms with Crippen LogP contribution in [0.25, 0.3) is 0 Å². The topological polar surface area (TPSA) is 106 Å². The molecule has 8 heteroatoms. The van der Waals surface area contributed by atoms with Gasteiger partial charge in [0.1, 0.15) is 0 Å². The predicted octanol–water partition coefficient (Wildman–Crippen LogP) is 1.56. The highest BCUT2D eigenvalue weighted by Crippen LogP contribution is 2.31. The number of nitrogens with zero attached hydrogens (tertiary/aromatic N) is 3. The van der Waals surface area contributed by atoms with E-state index >= 15 is 0 Å². The van der Waals surface area contributed by atoms with Crippen LogP contribution in [0.5, 0.6) is 0 Å². The number of nitrogen functional groups attached to an aromatic ring is 1. The summed E-state index contributed by atoms with van der Waals surface area (Å²) in [7, 11) is -3.29. The van der Waals surface area contributed by atoms with E-state index in [1.54, 1.807) is 16.7 Å². The molecule has 2 aliphatic heterocycles. The summed E-state index contributed by atoms with van der Waals surface area (Å²) in [6.07, 6.45) is 9.48. The van der Waals surface area contributed by atoms with Crippen LogP contribution >= 0.6 is 0 Å². The molecule has 0 amide bonds. The van der Waals surface area contributed by atoms with Gasteiger partial charge in [-0.05, 0) is 44.7 Å². The van der Waals surface area contributed by atoms with Crippen LogP contribution in [-0.4, -0.2) is 55.2 Å². The molecule has 1 atom stereocenters. The smallest absolute Gasteiger partial charge is 0.217 e. The van der Waals surface area contributed by atoms with Gasteiger partial charge in [0.15, 0.2) is 0 Å². The standard InChI is InChI=1S/C18H31N5O2S/c19-9-5-15-4-2-1-3-11-23(15)26(24,25)16-7-12-22(13-8-16)18-6-10-21-14-17(18)20/h6,10,14-16H,1-5,7-9,11-13,19-20H2. The number of nitrogens with two attached hydrogens (primary N) is 2. The quantitative estimate of drug-likeness (QED) is 0.802. The summed E-state index contributed by atoms with van der Waals surface area (Å²) in [6, 6.07) is 1.97. The first-order valence-electron chi connectivity index (χ1n) is 9.69. The van der Waals surface area contributed by atoms with Crippen molar-refractivity contribution in [2.24, 2.45) is 5.73 Å². The lowest BCUT2D eigenvalue weighted by Crippen LogP contribution is -2.49. The molecule has 7 nitrogen and oxygen atoms in total. The molecule has 3 heterocycles. The zero-order valence-corrected chi connectivity index (χ0v) is 16.2. The summed E-state index contributed by atoms with van der Waals surface area (Å²) in [5.41, 5.74) is 13.4. The number of anilines is 2. The number of pyridine rings is 1. The molecular formula is C18H31N5O2S. The fourth-order valence-electron chi connectivity index (χ4n) is 4.24. The van der Waals surface area contributed by atoms with E-state index in [-0.39, 0.29) is 11.3 Å². The molecule has 1 aromatic heterocycles. The summed E-state index contributed by atoms with van der Waals surface area (Å²) in [4.78, 5) is 6.19. The molecule has 1 unspecified atom stereocenters. The van der Waals surface area contributed by atoms with Crippen molar-refractivity contribution in [1.29, 1.82) is 0 Å². The normalized spacial score (nSPS) is 23.7. The monoisotopic (exact) mass is 381 g/mol. The second kappa shape index (κ2) is 8.54. The van der Waals surface area contributed by atoms with E-state index in [1.165, 1.54) is 0 Å². The number of aromatic nitrogens is 1. The minimum absolute atomic E-state index is 0.0707. The molecule has 2 saturated heterocycles. The summed E-state index contributed by atoms with van der Waals surface area (Å²) in [5, 5.41) is -0.305. The molecule has 146 valence electrons. The first kappa shape index (κ1) is 19.4. The minimum atomic E-state index is -3.29. The van der Waals surface area contributed by atoms with Crippen LogP contribution in [0.15, 0.2) is 18.5 Å². The van der Waals surface area contributed by atoms with Gasteiger partial charge in [-0.3, -0.25) is 4.98 Å². The highest BCUT2D eigenvalue weighted by atomic mass is 32.2. The maximum atomic E-state index is 13.3. The number of piperidine rings is 1. The van der Waals surface area contributed by atoms with Gasteiger partial charge in [-0.15, -0.1) is 0 Å². The maximum Gasteiger partial charge on any atom is 0.217 e. The van der Waals surface area contributed by atoms with Gasteiger partial charge in [-0.25, -0.2) is 8.42 Å². The van der Waals surface area contributed by atoms with Crippen LogP contribution in [0.4, 0.5) is 11.4 Å². The highest BCUT2D eigenvalue weighted by Gasteiger charge is 2.38. The third kappa shape index (κ3) is 4.13. The van der Waals surface area contributed by atoms with E-state index in [1.807, 2.05) is 6.07 Å². The van der Waals surface area contributed by atoms with E-state index in [0.29, 0.717) is 44.7 Å². The van der Waals surface area contributed by atoms with Crippen molar-refractivity contribution in [3.05, 3.63) is 18.5 Å². The molecule has 1 aromatic rings. The van der Waals surface area contributed by atoms with Gasteiger partial charge < -0.3 is 16.4 Å². The summed E-state index contributed by atoms with van der Waals surface area (Å²) >= 11 is 0. The fraction of sp³-hybridized carbons (Fsp3) is 0.722. The van der Waals surface area contributed by atoms with Crippen LogP contribution in [-0.2, 0) is 10.0 Å². The molecular weight excluding hydrogens is 350 g/mol. The lowest BCUT2D eigenvalue weighted by molar-refractivity contribution is 0.303. The summed E-state index contributed by atoms with van der Waals surface area (Å²) in [6.45, 7) is 2.59. The Hall–Kier alpha value is -1.38. The summed E-state index contributed by atoms with van der Waals surface area (Å²) < 4.78 is 28.4. The van der Waals surface area contributed by atoms with Gasteiger partial charge in [-0.1, -0.05) is 12.8 Å². The predicted molar refractivity (Wildman–Crippen MR) is 105 cm³/mol. The molecule has 2 aliphatic rings. The first-order valence-corrected chi connectivity index (χ1v) is 11.2. The van der Waals surface area contributed by atoms with Crippen molar-refractivity contribution in [2.45, 2.75) is 56.2 Å². The van der Waals surface area contributed by atoms with Gasteiger partial charge in [0.05, 0.1) is 22.8 Å². The van der Waals surface area contributed by atoms with Crippen molar-refractivity contribution in [3.8, 4) is 0 Å². The molecule has 2 fully saturated rings. The Morgan fingerprint density at radius 1 is 1.12 bits per heavy atom. The van der Waals surface area contributed by atoms with Gasteiger partial charge in [0.2, 0.25) is 10.0 Å². The average Bonchev–Trinajstić information content (AvgIpc) is 2.89. The maximum absolute atomic E-state index is 13.3. The average molecular weight is 382 g/mol. The van der Waals surface area contributed by atoms with E-state index < -0.39 is 10.0 Å². The molecule has 0 radical (unpaired) electrons. The molecule has 4 N–H and O–H groups in total. The molecule has 0 spiro atoms. The lowest BCUT2D eigenvalue weighted by Gasteiger charge is -2.38. The Morgan fingerprint density at radius 3 is 2.58 bits per heavy atom. The Kier molecular flexibility index (Phi) is 6.37. The second-order valence-corrected chi connectivity index (χ2v) is 9.52. The van der Waals surface area contributed by atoms with Crippen LogP contribution in [0, 0.1) is 0 Å². The Morgan fingerprint density at radius 2 is 1.88 bits per heavy atom. The van der Waals surface area contributed by atoms with Crippen molar-refractivity contribution in [1.82, 2.24) is 9.29 Å². The van der Waals surface area contributed by atoms with Crippen LogP contribution in [0.1, 0.15) is 44.9 Å². The lowest BCUT2D eigenvalue weighted by atomic mass is 10.1. The zero-order chi connectivity index (χ0) is 18.6. The van der Waals surface area contributed by atoms with Crippen molar-refractivity contribution in [2.75, 3.05) is 36.8 Å². The largest absolute Gasteiger partial charge is 0.396 e. The van der Waals surface area contributed by atoms with Crippen LogP contribution in [0.2, 0.25) is 0 Å². The SMILES string of the molecule is NCCC1CCCCCN1S(=O)(=O)C1CCN(c2ccncc2N)CC1. The number of hydrogen-bond donors (Lipinski definition) is 2. The second-order valence-electron chi connectivity index (χ2n) is 7.36. The van der Waals surface area contributed by atoms with Gasteiger partial charge in [0, 0.05) is 31.9 Å². The van der Waals surface area contributed by atoms with Crippen molar-refractivity contribution >= 4 is 21.4 Å². The Balaban J connectivity index is 1.69. The third-order valence-corrected chi connectivity index (χ3v) is 8.13. The van der Waals surface area contributed by atoms with Crippen LogP contribution < -0.4 is 16.4 Å². The number of hydrogen-bond acceptors (Lipinski definition) is 6. The molecule has 0 aromatic carbocycles. The Labute approximate surface area is 156 Å². The third-order valence-electron chi connectivity index (χ3n) is 5.68. The van der Waals surface area contributed by atoms with E-state index in [9.17, 15) is 8.42 Å². The van der Waals surface area contributed by atoms with Crippen LogP contribution in [0.3, 0.4) is 0 Å². The van der Waals surface area contributed by atoms with Gasteiger partial charge in [0.25, 0.3) is 0 Å². The molecule has 3 rings (SSSR count). The zero-order valence-electron chi connectivity index (χ0n) is 15.4.